The maximum atomic E-state index is 13.1. The summed E-state index contributed by atoms with van der Waals surface area (Å²) >= 11 is 1.62. The van der Waals surface area contributed by atoms with Gasteiger partial charge in [-0.05, 0) is 48.1 Å². The van der Waals surface area contributed by atoms with Crippen molar-refractivity contribution in [2.45, 2.75) is 19.4 Å². The molecule has 0 bridgehead atoms. The fraction of sp³-hybridized carbons (Fsp3) is 0.300. The van der Waals surface area contributed by atoms with Gasteiger partial charge < -0.3 is 18.9 Å². The number of amides is 2. The highest BCUT2D eigenvalue weighted by Crippen LogP contribution is 2.42. The molecular weight excluding hydrogens is 378 g/mol. The minimum Gasteiger partial charge on any atom is -0.493 e. The zero-order valence-electron chi connectivity index (χ0n) is 15.9. The topological polar surface area (TPSA) is 76.8 Å². The third-order valence-electron chi connectivity index (χ3n) is 4.81. The Kier molecular flexibility index (Phi) is 4.95. The molecule has 1 aromatic carbocycles. The number of carbonyl (C=O) groups excluding carboxylic acids is 1. The average Bonchev–Trinajstić information content (AvgIpc) is 3.37. The second kappa shape index (κ2) is 7.55. The zero-order valence-corrected chi connectivity index (χ0v) is 16.7. The number of aromatic nitrogens is 1. The molecule has 7 nitrogen and oxygen atoms in total. The van der Waals surface area contributed by atoms with Crippen molar-refractivity contribution in [3.05, 3.63) is 57.5 Å². The summed E-state index contributed by atoms with van der Waals surface area (Å²) in [4.78, 5) is 16.0. The number of aryl methyl sites for hydroxylation is 1. The molecule has 1 atom stereocenters. The van der Waals surface area contributed by atoms with E-state index in [1.807, 2.05) is 34.5 Å². The van der Waals surface area contributed by atoms with Crippen LogP contribution >= 0.6 is 11.3 Å². The smallest absolute Gasteiger partial charge is 0.323 e. The van der Waals surface area contributed by atoms with Crippen LogP contribution in [0.5, 0.6) is 11.5 Å². The Morgan fingerprint density at radius 2 is 2.07 bits per heavy atom. The Bertz CT molecular complexity index is 984. The first kappa shape index (κ1) is 18.4. The van der Waals surface area contributed by atoms with E-state index in [2.05, 4.69) is 10.5 Å². The van der Waals surface area contributed by atoms with Crippen LogP contribution in [-0.4, -0.2) is 36.9 Å². The Hall–Kier alpha value is -3.00. The predicted molar refractivity (Wildman–Crippen MR) is 106 cm³/mol. The van der Waals surface area contributed by atoms with Crippen molar-refractivity contribution in [1.82, 2.24) is 10.1 Å². The number of carbonyl (C=O) groups is 1. The number of hydrogen-bond acceptors (Lipinski definition) is 6. The molecule has 3 heterocycles. The second-order valence-corrected chi connectivity index (χ2v) is 7.50. The molecule has 28 heavy (non-hydrogen) atoms. The van der Waals surface area contributed by atoms with Gasteiger partial charge in [0.25, 0.3) is 0 Å². The molecule has 0 aliphatic carbocycles. The van der Waals surface area contributed by atoms with E-state index in [4.69, 9.17) is 14.0 Å². The van der Waals surface area contributed by atoms with Gasteiger partial charge in [0.1, 0.15) is 5.76 Å². The first-order valence-corrected chi connectivity index (χ1v) is 9.77. The van der Waals surface area contributed by atoms with Crippen LogP contribution in [0.25, 0.3) is 0 Å². The van der Waals surface area contributed by atoms with Crippen molar-refractivity contribution in [3.63, 3.8) is 0 Å². The summed E-state index contributed by atoms with van der Waals surface area (Å²) in [7, 11) is 3.24. The van der Waals surface area contributed by atoms with E-state index in [-0.39, 0.29) is 12.1 Å². The highest BCUT2D eigenvalue weighted by Gasteiger charge is 2.34. The lowest BCUT2D eigenvalue weighted by molar-refractivity contribution is 0.194. The van der Waals surface area contributed by atoms with Gasteiger partial charge in [-0.1, -0.05) is 11.2 Å². The van der Waals surface area contributed by atoms with Crippen molar-refractivity contribution in [1.29, 1.82) is 0 Å². The quantitative estimate of drug-likeness (QED) is 0.710. The van der Waals surface area contributed by atoms with Gasteiger partial charge in [0.2, 0.25) is 0 Å². The molecular formula is C20H21N3O4S. The number of fused-ring (bicyclic) bond motifs is 1. The molecule has 0 saturated heterocycles. The summed E-state index contributed by atoms with van der Waals surface area (Å²) in [6.45, 7) is 2.36. The number of anilines is 1. The van der Waals surface area contributed by atoms with E-state index in [1.54, 1.807) is 38.5 Å². The van der Waals surface area contributed by atoms with E-state index in [0.29, 0.717) is 29.6 Å². The number of nitrogens with one attached hydrogen (secondary N) is 1. The number of nitrogens with zero attached hydrogens (tertiary/aromatic N) is 2. The Morgan fingerprint density at radius 1 is 1.29 bits per heavy atom. The van der Waals surface area contributed by atoms with Crippen LogP contribution in [0.3, 0.4) is 0 Å². The lowest BCUT2D eigenvalue weighted by Gasteiger charge is -2.37. The lowest BCUT2D eigenvalue weighted by Crippen LogP contribution is -2.42. The zero-order chi connectivity index (χ0) is 19.7. The molecule has 8 heteroatoms. The summed E-state index contributed by atoms with van der Waals surface area (Å²) < 4.78 is 16.0. The number of benzene rings is 1. The number of urea groups is 1. The standard InChI is InChI=1S/C20H21N3O4S/c1-12-9-18(22-27-12)21-20(24)23-7-6-13-10-15(25-2)16(26-3)11-14(13)19(23)17-5-4-8-28-17/h4-5,8-11,19H,6-7H2,1-3H3,(H,21,22,24)/t19-/m0/s1. The molecule has 2 amide bonds. The highest BCUT2D eigenvalue weighted by atomic mass is 32.1. The van der Waals surface area contributed by atoms with E-state index >= 15 is 0 Å². The average molecular weight is 399 g/mol. The number of hydrogen-bond donors (Lipinski definition) is 1. The van der Waals surface area contributed by atoms with Gasteiger partial charge >= 0.3 is 6.03 Å². The molecule has 146 valence electrons. The summed E-state index contributed by atoms with van der Waals surface area (Å²) in [5, 5.41) is 8.72. The Morgan fingerprint density at radius 3 is 2.71 bits per heavy atom. The molecule has 0 unspecified atom stereocenters. The van der Waals surface area contributed by atoms with E-state index < -0.39 is 0 Å². The minimum atomic E-state index is -0.216. The molecule has 2 aromatic heterocycles. The molecule has 0 saturated carbocycles. The molecule has 0 radical (unpaired) electrons. The van der Waals surface area contributed by atoms with Gasteiger partial charge in [-0.25, -0.2) is 4.79 Å². The van der Waals surface area contributed by atoms with Crippen molar-refractivity contribution in [2.24, 2.45) is 0 Å². The summed E-state index contributed by atoms with van der Waals surface area (Å²) in [5.74, 6) is 2.40. The first-order valence-electron chi connectivity index (χ1n) is 8.90. The first-order chi connectivity index (χ1) is 13.6. The maximum absolute atomic E-state index is 13.1. The van der Waals surface area contributed by atoms with Gasteiger partial charge in [-0.3, -0.25) is 5.32 Å². The van der Waals surface area contributed by atoms with Crippen LogP contribution in [0.15, 0.2) is 40.2 Å². The molecule has 3 aromatic rings. The summed E-state index contributed by atoms with van der Waals surface area (Å²) in [6, 6.07) is 9.28. The lowest BCUT2D eigenvalue weighted by atomic mass is 9.91. The highest BCUT2D eigenvalue weighted by molar-refractivity contribution is 7.10. The third kappa shape index (κ3) is 3.31. The number of rotatable bonds is 4. The molecule has 1 N–H and O–H groups in total. The normalized spacial score (nSPS) is 15.8. The number of methoxy groups -OCH3 is 2. The van der Waals surface area contributed by atoms with Gasteiger partial charge in [-0.2, -0.15) is 0 Å². The Labute approximate surface area is 166 Å². The molecule has 4 rings (SSSR count). The maximum Gasteiger partial charge on any atom is 0.323 e. The largest absolute Gasteiger partial charge is 0.493 e. The number of ether oxygens (including phenoxy) is 2. The Balaban J connectivity index is 1.73. The van der Waals surface area contributed by atoms with Crippen LogP contribution in [-0.2, 0) is 6.42 Å². The van der Waals surface area contributed by atoms with Gasteiger partial charge in [-0.15, -0.1) is 11.3 Å². The number of thiophene rings is 1. The fourth-order valence-electron chi connectivity index (χ4n) is 3.52. The minimum absolute atomic E-state index is 0.212. The van der Waals surface area contributed by atoms with E-state index in [9.17, 15) is 4.79 Å². The SMILES string of the molecule is COc1cc2c(cc1OC)[C@@H](c1cccs1)N(C(=O)Nc1cc(C)on1)CC2. The van der Waals surface area contributed by atoms with E-state index in [0.717, 1.165) is 22.4 Å². The van der Waals surface area contributed by atoms with Crippen molar-refractivity contribution in [2.75, 3.05) is 26.1 Å². The second-order valence-electron chi connectivity index (χ2n) is 6.52. The molecule has 1 aliphatic rings. The van der Waals surface area contributed by atoms with E-state index in [1.165, 1.54) is 0 Å². The summed E-state index contributed by atoms with van der Waals surface area (Å²) in [6.07, 6.45) is 0.725. The van der Waals surface area contributed by atoms with Gasteiger partial charge in [0.05, 0.1) is 20.3 Å². The summed E-state index contributed by atoms with van der Waals surface area (Å²) in [5.41, 5.74) is 2.19. The van der Waals surface area contributed by atoms with Gasteiger partial charge in [0.15, 0.2) is 17.3 Å². The third-order valence-corrected chi connectivity index (χ3v) is 5.73. The van der Waals surface area contributed by atoms with Crippen molar-refractivity contribution >= 4 is 23.2 Å². The van der Waals surface area contributed by atoms with Crippen LogP contribution < -0.4 is 14.8 Å². The van der Waals surface area contributed by atoms with Crippen LogP contribution in [0, 0.1) is 6.92 Å². The molecule has 0 fully saturated rings. The fourth-order valence-corrected chi connectivity index (χ4v) is 4.38. The monoisotopic (exact) mass is 399 g/mol. The van der Waals surface area contributed by atoms with Crippen molar-refractivity contribution in [3.8, 4) is 11.5 Å². The van der Waals surface area contributed by atoms with Gasteiger partial charge in [0, 0.05) is 17.5 Å². The predicted octanol–water partition coefficient (Wildman–Crippen LogP) is 4.24. The van der Waals surface area contributed by atoms with Crippen LogP contribution in [0.2, 0.25) is 0 Å². The van der Waals surface area contributed by atoms with Crippen molar-refractivity contribution < 1.29 is 18.8 Å². The molecule has 1 aliphatic heterocycles. The van der Waals surface area contributed by atoms with Crippen LogP contribution in [0.4, 0.5) is 10.6 Å². The molecule has 0 spiro atoms. The van der Waals surface area contributed by atoms with Crippen LogP contribution in [0.1, 0.15) is 27.8 Å².